The average molecular weight is 325 g/mol. The van der Waals surface area contributed by atoms with Gasteiger partial charge in [-0.15, -0.1) is 0 Å². The molecule has 1 aliphatic heterocycles. The van der Waals surface area contributed by atoms with Crippen molar-refractivity contribution in [2.45, 2.75) is 29.9 Å². The molecule has 0 aromatic heterocycles. The van der Waals surface area contributed by atoms with Gasteiger partial charge in [0.05, 0.1) is 0 Å². The van der Waals surface area contributed by atoms with Gasteiger partial charge in [-0.25, -0.2) is 0 Å². The predicted molar refractivity (Wildman–Crippen MR) is 86.2 cm³/mol. The zero-order chi connectivity index (χ0) is 13.7. The van der Waals surface area contributed by atoms with Crippen LogP contribution in [0.4, 0.5) is 0 Å². The van der Waals surface area contributed by atoms with Crippen LogP contribution < -0.4 is 0 Å². The van der Waals surface area contributed by atoms with E-state index in [0.717, 1.165) is 0 Å². The normalized spacial score (nSPS) is 19.1. The van der Waals surface area contributed by atoms with Crippen LogP contribution >= 0.6 is 0 Å². The number of rotatable bonds is 0. The second-order valence-corrected chi connectivity index (χ2v) is 8.62. The van der Waals surface area contributed by atoms with Crippen LogP contribution in [0.1, 0.15) is 31.4 Å². The molecule has 0 amide bonds. The third-order valence-corrected chi connectivity index (χ3v) is 8.26. The van der Waals surface area contributed by atoms with E-state index in [-0.39, 0.29) is 0 Å². The Balaban J connectivity index is 2.01. The monoisotopic (exact) mass is 326 g/mol. The molecule has 0 unspecified atom stereocenters. The quantitative estimate of drug-likeness (QED) is 0.483. The van der Waals surface area contributed by atoms with Crippen molar-refractivity contribution in [3.63, 3.8) is 0 Å². The van der Waals surface area contributed by atoms with E-state index in [2.05, 4.69) is 62.4 Å². The van der Waals surface area contributed by atoms with Gasteiger partial charge < -0.3 is 0 Å². The Labute approximate surface area is 127 Å². The summed E-state index contributed by atoms with van der Waals surface area (Å²) in [6.07, 6.45) is 1.22. The standard InChI is InChI=1S/C19H18Se/c1-13-11-19(20-12-14(13)2)17-9-5-3-7-15(17)16-8-4-6-10-18(16)19/h3-10H,11-12H2,1-2H3. The van der Waals surface area contributed by atoms with Crippen molar-refractivity contribution in [2.75, 3.05) is 0 Å². The van der Waals surface area contributed by atoms with E-state index in [1.165, 1.54) is 22.9 Å². The third kappa shape index (κ3) is 1.54. The maximum absolute atomic E-state index is 2.37. The summed E-state index contributed by atoms with van der Waals surface area (Å²) in [7, 11) is 0. The van der Waals surface area contributed by atoms with Gasteiger partial charge in [0.1, 0.15) is 0 Å². The summed E-state index contributed by atoms with van der Waals surface area (Å²) in [5.74, 6) is 0. The molecule has 1 aliphatic carbocycles. The first kappa shape index (κ1) is 12.4. The molecular weight excluding hydrogens is 307 g/mol. The zero-order valence-electron chi connectivity index (χ0n) is 11.9. The van der Waals surface area contributed by atoms with E-state index >= 15 is 0 Å². The van der Waals surface area contributed by atoms with Crippen LogP contribution in [-0.4, -0.2) is 15.0 Å². The average Bonchev–Trinajstić information content (AvgIpc) is 2.75. The Morgan fingerprint density at radius 1 is 0.800 bits per heavy atom. The molecule has 0 nitrogen and oxygen atoms in total. The van der Waals surface area contributed by atoms with Crippen LogP contribution in [0.3, 0.4) is 0 Å². The van der Waals surface area contributed by atoms with Crippen molar-refractivity contribution in [1.82, 2.24) is 0 Å². The van der Waals surface area contributed by atoms with Crippen LogP contribution in [0.2, 0.25) is 5.32 Å². The van der Waals surface area contributed by atoms with E-state index in [1.54, 1.807) is 22.3 Å². The topological polar surface area (TPSA) is 0 Å². The molecule has 4 rings (SSSR count). The first-order valence-corrected chi connectivity index (χ1v) is 9.28. The number of allylic oxidation sites excluding steroid dienone is 2. The summed E-state index contributed by atoms with van der Waals surface area (Å²) in [6, 6.07) is 18.1. The molecule has 20 heavy (non-hydrogen) atoms. The summed E-state index contributed by atoms with van der Waals surface area (Å²) < 4.78 is 0.295. The molecule has 0 saturated carbocycles. The Bertz CT molecular complexity index is 679. The Kier molecular flexibility index (Phi) is 2.70. The minimum absolute atomic E-state index is 0.295. The molecule has 0 radical (unpaired) electrons. The van der Waals surface area contributed by atoms with E-state index in [4.69, 9.17) is 0 Å². The van der Waals surface area contributed by atoms with Gasteiger partial charge in [0.15, 0.2) is 0 Å². The van der Waals surface area contributed by atoms with Gasteiger partial charge in [-0.1, -0.05) is 0 Å². The molecule has 2 aromatic carbocycles. The SMILES string of the molecule is CC1=C(C)CC2([Se]C1)c1ccccc1-c1ccccc12. The second kappa shape index (κ2) is 4.35. The Morgan fingerprint density at radius 3 is 1.90 bits per heavy atom. The molecule has 1 heterocycles. The molecule has 1 spiro atoms. The Morgan fingerprint density at radius 2 is 1.35 bits per heavy atom. The van der Waals surface area contributed by atoms with Gasteiger partial charge >= 0.3 is 127 Å². The van der Waals surface area contributed by atoms with E-state index < -0.39 is 0 Å². The summed E-state index contributed by atoms with van der Waals surface area (Å²) in [4.78, 5) is 0. The third-order valence-electron chi connectivity index (χ3n) is 4.79. The summed E-state index contributed by atoms with van der Waals surface area (Å²) in [5, 5.41) is 1.29. The van der Waals surface area contributed by atoms with Gasteiger partial charge in [-0.2, -0.15) is 0 Å². The van der Waals surface area contributed by atoms with Crippen molar-refractivity contribution in [3.8, 4) is 11.1 Å². The summed E-state index contributed by atoms with van der Waals surface area (Å²) in [6.45, 7) is 4.65. The molecular formula is C19H18Se. The summed E-state index contributed by atoms with van der Waals surface area (Å²) in [5.41, 5.74) is 9.32. The second-order valence-electron chi connectivity index (χ2n) is 5.94. The molecule has 100 valence electrons. The van der Waals surface area contributed by atoms with Crippen molar-refractivity contribution in [2.24, 2.45) is 0 Å². The van der Waals surface area contributed by atoms with Crippen LogP contribution in [0, 0.1) is 0 Å². The van der Waals surface area contributed by atoms with Gasteiger partial charge in [0.2, 0.25) is 0 Å². The van der Waals surface area contributed by atoms with Crippen molar-refractivity contribution < 1.29 is 0 Å². The molecule has 0 bridgehead atoms. The molecule has 0 fully saturated rings. The van der Waals surface area contributed by atoms with E-state index in [9.17, 15) is 0 Å². The van der Waals surface area contributed by atoms with Crippen molar-refractivity contribution in [1.29, 1.82) is 0 Å². The molecule has 2 aromatic rings. The van der Waals surface area contributed by atoms with Gasteiger partial charge in [0.25, 0.3) is 0 Å². The Hall–Kier alpha value is -1.30. The van der Waals surface area contributed by atoms with Gasteiger partial charge in [0, 0.05) is 0 Å². The van der Waals surface area contributed by atoms with Crippen LogP contribution in [0.25, 0.3) is 11.1 Å². The number of benzene rings is 2. The zero-order valence-corrected chi connectivity index (χ0v) is 13.7. The first-order chi connectivity index (χ1) is 9.72. The predicted octanol–water partition coefficient (Wildman–Crippen LogP) is 4.77. The molecule has 0 saturated heterocycles. The van der Waals surface area contributed by atoms with Gasteiger partial charge in [-0.3, -0.25) is 0 Å². The maximum atomic E-state index is 2.37. The van der Waals surface area contributed by atoms with E-state index in [0.29, 0.717) is 19.3 Å². The molecule has 0 atom stereocenters. The van der Waals surface area contributed by atoms with Crippen LogP contribution in [0.15, 0.2) is 59.7 Å². The van der Waals surface area contributed by atoms with E-state index in [1.807, 2.05) is 0 Å². The number of hydrogen-bond donors (Lipinski definition) is 0. The fourth-order valence-corrected chi connectivity index (χ4v) is 7.12. The fourth-order valence-electron chi connectivity index (χ4n) is 3.56. The number of hydrogen-bond acceptors (Lipinski definition) is 0. The minimum atomic E-state index is 0.295. The fraction of sp³-hybridized carbons (Fsp3) is 0.263. The molecule has 2 aliphatic rings. The van der Waals surface area contributed by atoms with Gasteiger partial charge in [-0.05, 0) is 0 Å². The molecule has 0 N–H and O–H groups in total. The van der Waals surface area contributed by atoms with Crippen molar-refractivity contribution >= 4 is 15.0 Å². The van der Waals surface area contributed by atoms with Crippen LogP contribution in [-0.2, 0) is 4.31 Å². The molecule has 1 heteroatoms. The van der Waals surface area contributed by atoms with Crippen molar-refractivity contribution in [3.05, 3.63) is 70.8 Å². The first-order valence-electron chi connectivity index (χ1n) is 7.21. The summed E-state index contributed by atoms with van der Waals surface area (Å²) >= 11 is 0.610. The van der Waals surface area contributed by atoms with Crippen LogP contribution in [0.5, 0.6) is 0 Å². The number of fused-ring (bicyclic) bond motifs is 5.